The molecule has 0 aliphatic rings. The SMILES string of the molecule is CCOC(=O)C(CCc1ccc(NC(=O)OC(C)(C)C)nc1)C(=O)OCC. The number of nitrogens with one attached hydrogen (secondary N) is 1. The fourth-order valence-electron chi connectivity index (χ4n) is 2.18. The predicted molar refractivity (Wildman–Crippen MR) is 99.2 cm³/mol. The molecular weight excluding hydrogens is 352 g/mol. The minimum absolute atomic E-state index is 0.196. The van der Waals surface area contributed by atoms with Gasteiger partial charge in [0.25, 0.3) is 0 Å². The van der Waals surface area contributed by atoms with E-state index < -0.39 is 29.6 Å². The van der Waals surface area contributed by atoms with Gasteiger partial charge in [0.1, 0.15) is 11.4 Å². The monoisotopic (exact) mass is 380 g/mol. The van der Waals surface area contributed by atoms with Crippen molar-refractivity contribution in [1.29, 1.82) is 0 Å². The van der Waals surface area contributed by atoms with Crippen LogP contribution in [0.2, 0.25) is 0 Å². The lowest BCUT2D eigenvalue weighted by molar-refractivity contribution is -0.161. The van der Waals surface area contributed by atoms with E-state index in [0.29, 0.717) is 12.2 Å². The zero-order valence-electron chi connectivity index (χ0n) is 16.5. The molecule has 1 rings (SSSR count). The second-order valence-corrected chi connectivity index (χ2v) is 6.77. The number of hydrogen-bond acceptors (Lipinski definition) is 7. The minimum atomic E-state index is -0.968. The third kappa shape index (κ3) is 8.52. The standard InChI is InChI=1S/C19H28N2O6/c1-6-25-16(22)14(17(23)26-7-2)10-8-13-9-11-15(20-12-13)21-18(24)27-19(3,4)5/h9,11-12,14H,6-8,10H2,1-5H3,(H,20,21,24). The van der Waals surface area contributed by atoms with E-state index >= 15 is 0 Å². The van der Waals surface area contributed by atoms with Gasteiger partial charge in [-0.1, -0.05) is 6.07 Å². The van der Waals surface area contributed by atoms with Crippen molar-refractivity contribution in [2.45, 2.75) is 53.1 Å². The number of esters is 2. The maximum atomic E-state index is 12.0. The summed E-state index contributed by atoms with van der Waals surface area (Å²) in [6.07, 6.45) is 1.66. The van der Waals surface area contributed by atoms with Crippen LogP contribution in [0.1, 0.15) is 46.6 Å². The summed E-state index contributed by atoms with van der Waals surface area (Å²) in [6.45, 7) is 9.06. The Morgan fingerprint density at radius 1 is 1.07 bits per heavy atom. The summed E-state index contributed by atoms with van der Waals surface area (Å²) in [7, 11) is 0. The number of carbonyl (C=O) groups is 3. The third-order valence-corrected chi connectivity index (χ3v) is 3.32. The fraction of sp³-hybridized carbons (Fsp3) is 0.579. The van der Waals surface area contributed by atoms with Crippen LogP contribution in [0.15, 0.2) is 18.3 Å². The molecular formula is C19H28N2O6. The van der Waals surface area contributed by atoms with Crippen molar-refractivity contribution in [2.75, 3.05) is 18.5 Å². The predicted octanol–water partition coefficient (Wildman–Crippen LogP) is 3.10. The molecule has 0 fully saturated rings. The molecule has 0 saturated heterocycles. The summed E-state index contributed by atoms with van der Waals surface area (Å²) in [4.78, 5) is 39.8. The molecule has 27 heavy (non-hydrogen) atoms. The van der Waals surface area contributed by atoms with Crippen molar-refractivity contribution in [1.82, 2.24) is 4.98 Å². The Morgan fingerprint density at radius 2 is 1.67 bits per heavy atom. The summed E-state index contributed by atoms with van der Waals surface area (Å²) in [6, 6.07) is 3.38. The molecule has 0 spiro atoms. The zero-order chi connectivity index (χ0) is 20.4. The van der Waals surface area contributed by atoms with Crippen LogP contribution in [0, 0.1) is 5.92 Å². The van der Waals surface area contributed by atoms with Gasteiger partial charge in [-0.05, 0) is 59.1 Å². The van der Waals surface area contributed by atoms with Crippen LogP contribution in [0.25, 0.3) is 0 Å². The van der Waals surface area contributed by atoms with Crippen molar-refractivity contribution in [2.24, 2.45) is 5.92 Å². The van der Waals surface area contributed by atoms with Gasteiger partial charge in [-0.2, -0.15) is 0 Å². The lowest BCUT2D eigenvalue weighted by Gasteiger charge is -2.19. The van der Waals surface area contributed by atoms with Crippen molar-refractivity contribution >= 4 is 23.8 Å². The molecule has 8 nitrogen and oxygen atoms in total. The molecule has 150 valence electrons. The van der Waals surface area contributed by atoms with E-state index in [4.69, 9.17) is 14.2 Å². The Kier molecular flexibility index (Phi) is 8.71. The molecule has 8 heteroatoms. The molecule has 0 atom stereocenters. The van der Waals surface area contributed by atoms with E-state index in [1.807, 2.05) is 0 Å². The van der Waals surface area contributed by atoms with Gasteiger partial charge in [0.05, 0.1) is 13.2 Å². The van der Waals surface area contributed by atoms with Crippen molar-refractivity contribution in [3.05, 3.63) is 23.9 Å². The molecule has 0 aliphatic carbocycles. The van der Waals surface area contributed by atoms with Crippen molar-refractivity contribution in [3.8, 4) is 0 Å². The molecule has 1 amide bonds. The Balaban J connectivity index is 2.66. The van der Waals surface area contributed by atoms with Gasteiger partial charge in [-0.25, -0.2) is 9.78 Å². The van der Waals surface area contributed by atoms with Crippen LogP contribution in [0.3, 0.4) is 0 Å². The number of nitrogens with zero attached hydrogens (tertiary/aromatic N) is 1. The normalized spacial score (nSPS) is 11.0. The molecule has 0 saturated carbocycles. The second-order valence-electron chi connectivity index (χ2n) is 6.77. The summed E-state index contributed by atoms with van der Waals surface area (Å²) in [5.74, 6) is -1.80. The molecule has 1 aromatic heterocycles. The van der Waals surface area contributed by atoms with Crippen molar-refractivity contribution < 1.29 is 28.6 Å². The van der Waals surface area contributed by atoms with Crippen LogP contribution in [0.4, 0.5) is 10.6 Å². The molecule has 0 aromatic carbocycles. The number of rotatable bonds is 8. The molecule has 0 unspecified atom stereocenters. The zero-order valence-corrected chi connectivity index (χ0v) is 16.5. The van der Waals surface area contributed by atoms with Gasteiger partial charge in [0.2, 0.25) is 0 Å². The number of aryl methyl sites for hydroxylation is 1. The van der Waals surface area contributed by atoms with Gasteiger partial charge in [-0.15, -0.1) is 0 Å². The van der Waals surface area contributed by atoms with E-state index in [1.54, 1.807) is 52.9 Å². The lowest BCUT2D eigenvalue weighted by Crippen LogP contribution is -2.28. The van der Waals surface area contributed by atoms with E-state index in [2.05, 4.69) is 10.3 Å². The number of carbonyl (C=O) groups excluding carboxylic acids is 3. The molecule has 0 radical (unpaired) electrons. The fourth-order valence-corrected chi connectivity index (χ4v) is 2.18. The van der Waals surface area contributed by atoms with Crippen LogP contribution in [-0.2, 0) is 30.2 Å². The number of aromatic nitrogens is 1. The number of ether oxygens (including phenoxy) is 3. The maximum absolute atomic E-state index is 12.0. The summed E-state index contributed by atoms with van der Waals surface area (Å²) in [5.41, 5.74) is 0.211. The average Bonchev–Trinajstić information content (AvgIpc) is 2.55. The van der Waals surface area contributed by atoms with Gasteiger partial charge in [0, 0.05) is 6.20 Å². The maximum Gasteiger partial charge on any atom is 0.413 e. The highest BCUT2D eigenvalue weighted by molar-refractivity contribution is 5.94. The van der Waals surface area contributed by atoms with Crippen LogP contribution >= 0.6 is 0 Å². The minimum Gasteiger partial charge on any atom is -0.465 e. The highest BCUT2D eigenvalue weighted by Crippen LogP contribution is 2.15. The quantitative estimate of drug-likeness (QED) is 0.420. The van der Waals surface area contributed by atoms with E-state index in [-0.39, 0.29) is 19.6 Å². The Morgan fingerprint density at radius 3 is 2.11 bits per heavy atom. The van der Waals surface area contributed by atoms with E-state index in [0.717, 1.165) is 5.56 Å². The Bertz CT molecular complexity index is 619. The number of pyridine rings is 1. The highest BCUT2D eigenvalue weighted by Gasteiger charge is 2.29. The van der Waals surface area contributed by atoms with Crippen molar-refractivity contribution in [3.63, 3.8) is 0 Å². The number of hydrogen-bond donors (Lipinski definition) is 1. The number of amides is 1. The summed E-state index contributed by atoms with van der Waals surface area (Å²) < 4.78 is 15.0. The molecule has 0 aliphatic heterocycles. The first kappa shape index (κ1) is 22.4. The average molecular weight is 380 g/mol. The van der Waals surface area contributed by atoms with Crippen LogP contribution in [-0.4, -0.2) is 41.8 Å². The summed E-state index contributed by atoms with van der Waals surface area (Å²) in [5, 5.41) is 2.54. The van der Waals surface area contributed by atoms with Gasteiger partial charge >= 0.3 is 18.0 Å². The third-order valence-electron chi connectivity index (χ3n) is 3.32. The highest BCUT2D eigenvalue weighted by atomic mass is 16.6. The molecule has 0 bridgehead atoms. The second kappa shape index (κ2) is 10.5. The van der Waals surface area contributed by atoms with E-state index in [9.17, 15) is 14.4 Å². The van der Waals surface area contributed by atoms with Crippen LogP contribution < -0.4 is 5.32 Å². The first-order chi connectivity index (χ1) is 12.7. The molecule has 1 N–H and O–H groups in total. The van der Waals surface area contributed by atoms with Gasteiger partial charge in [0.15, 0.2) is 5.92 Å². The first-order valence-corrected chi connectivity index (χ1v) is 8.94. The largest absolute Gasteiger partial charge is 0.465 e. The Labute approximate surface area is 159 Å². The topological polar surface area (TPSA) is 104 Å². The van der Waals surface area contributed by atoms with E-state index in [1.165, 1.54) is 0 Å². The first-order valence-electron chi connectivity index (χ1n) is 8.94. The summed E-state index contributed by atoms with van der Waals surface area (Å²) >= 11 is 0. The molecule has 1 aromatic rings. The van der Waals surface area contributed by atoms with Gasteiger partial charge in [-0.3, -0.25) is 14.9 Å². The smallest absolute Gasteiger partial charge is 0.413 e. The van der Waals surface area contributed by atoms with Gasteiger partial charge < -0.3 is 14.2 Å². The van der Waals surface area contributed by atoms with Crippen LogP contribution in [0.5, 0.6) is 0 Å². The molecule has 1 heterocycles. The lowest BCUT2D eigenvalue weighted by atomic mass is 10.0. The number of anilines is 1. The Hall–Kier alpha value is -2.64.